The number of rotatable bonds is 10. The number of thioether (sulfide) groups is 1. The quantitative estimate of drug-likeness (QED) is 0.439. The fourth-order valence-electron chi connectivity index (χ4n) is 2.50. The second-order valence-corrected chi connectivity index (χ2v) is 8.28. The minimum atomic E-state index is -0.375. The van der Waals surface area contributed by atoms with Gasteiger partial charge < -0.3 is 18.8 Å². The van der Waals surface area contributed by atoms with Crippen LogP contribution in [0.3, 0.4) is 0 Å². The first-order chi connectivity index (χ1) is 13.3. The predicted molar refractivity (Wildman–Crippen MR) is 110 cm³/mol. The van der Waals surface area contributed by atoms with Crippen LogP contribution in [0.1, 0.15) is 27.2 Å². The lowest BCUT2D eigenvalue weighted by Crippen LogP contribution is -2.22. The number of carbonyl (C=O) groups is 1. The summed E-state index contributed by atoms with van der Waals surface area (Å²) in [6.07, 6.45) is 0.815. The highest BCUT2D eigenvalue weighted by Gasteiger charge is 2.23. The monoisotopic (exact) mass is 407 g/mol. The maximum atomic E-state index is 12.3. The van der Waals surface area contributed by atoms with E-state index >= 15 is 0 Å². The molecule has 0 saturated carbocycles. The van der Waals surface area contributed by atoms with Gasteiger partial charge >= 0.3 is 0 Å². The molecule has 2 aromatic rings. The number of ketones is 1. The molecule has 0 N–H and O–H groups in total. The molecule has 8 heteroatoms. The highest BCUT2D eigenvalue weighted by molar-refractivity contribution is 7.99. The lowest BCUT2D eigenvalue weighted by atomic mass is 9.92. The zero-order chi connectivity index (χ0) is 20.7. The van der Waals surface area contributed by atoms with Crippen LogP contribution in [0.2, 0.25) is 0 Å². The van der Waals surface area contributed by atoms with E-state index in [1.165, 1.54) is 11.8 Å². The molecule has 28 heavy (non-hydrogen) atoms. The normalized spacial score (nSPS) is 11.5. The smallest absolute Gasteiger partial charge is 0.191 e. The molecule has 0 bridgehead atoms. The first-order valence-corrected chi connectivity index (χ1v) is 10.1. The minimum Gasteiger partial charge on any atom is -0.493 e. The number of aromatic nitrogens is 3. The second-order valence-electron chi connectivity index (χ2n) is 7.34. The Morgan fingerprint density at radius 1 is 1.11 bits per heavy atom. The minimum absolute atomic E-state index is 0.177. The van der Waals surface area contributed by atoms with E-state index in [9.17, 15) is 4.79 Å². The number of ether oxygens (including phenoxy) is 3. The summed E-state index contributed by atoms with van der Waals surface area (Å²) in [5.74, 6) is 2.54. The lowest BCUT2D eigenvalue weighted by Gasteiger charge is -2.16. The third-order valence-electron chi connectivity index (χ3n) is 4.26. The van der Waals surface area contributed by atoms with Crippen molar-refractivity contribution in [3.63, 3.8) is 0 Å². The molecule has 154 valence electrons. The van der Waals surface area contributed by atoms with Gasteiger partial charge in [0.25, 0.3) is 0 Å². The van der Waals surface area contributed by atoms with Crippen molar-refractivity contribution in [3.8, 4) is 22.9 Å². The maximum Gasteiger partial charge on any atom is 0.191 e. The van der Waals surface area contributed by atoms with Gasteiger partial charge in [0.15, 0.2) is 22.5 Å². The number of hydrogen-bond donors (Lipinski definition) is 0. The molecule has 0 aliphatic heterocycles. The fourth-order valence-corrected chi connectivity index (χ4v) is 3.62. The Morgan fingerprint density at radius 2 is 1.82 bits per heavy atom. The van der Waals surface area contributed by atoms with Crippen molar-refractivity contribution in [2.45, 2.75) is 38.9 Å². The summed E-state index contributed by atoms with van der Waals surface area (Å²) >= 11 is 1.42. The van der Waals surface area contributed by atoms with Gasteiger partial charge in [0, 0.05) is 31.2 Å². The molecule has 0 radical (unpaired) electrons. The van der Waals surface area contributed by atoms with Gasteiger partial charge in [-0.15, -0.1) is 10.2 Å². The van der Waals surface area contributed by atoms with Gasteiger partial charge in [-0.2, -0.15) is 0 Å². The standard InChI is InChI=1S/C20H29N3O4S/c1-20(2,3)17(24)13-28-19-22-21-18(23(19)10-7-11-25-4)14-8-9-15(26-5)16(12-14)27-6/h8-9,12H,7,10-11,13H2,1-6H3. The van der Waals surface area contributed by atoms with Gasteiger partial charge in [-0.3, -0.25) is 4.79 Å². The van der Waals surface area contributed by atoms with Crippen LogP contribution < -0.4 is 9.47 Å². The van der Waals surface area contributed by atoms with E-state index in [-0.39, 0.29) is 11.2 Å². The first kappa shape index (κ1) is 22.2. The molecule has 2 rings (SSSR count). The lowest BCUT2D eigenvalue weighted by molar-refractivity contribution is -0.123. The number of benzene rings is 1. The zero-order valence-corrected chi connectivity index (χ0v) is 18.3. The van der Waals surface area contributed by atoms with Crippen molar-refractivity contribution in [1.82, 2.24) is 14.8 Å². The van der Waals surface area contributed by atoms with Crippen LogP contribution in [-0.2, 0) is 16.1 Å². The highest BCUT2D eigenvalue weighted by atomic mass is 32.2. The molecule has 0 aliphatic rings. The number of methoxy groups -OCH3 is 3. The van der Waals surface area contributed by atoms with Crippen LogP contribution >= 0.6 is 11.8 Å². The summed E-state index contributed by atoms with van der Waals surface area (Å²) < 4.78 is 17.9. The molecular formula is C20H29N3O4S. The van der Waals surface area contributed by atoms with Gasteiger partial charge in [-0.25, -0.2) is 0 Å². The Labute approximate surface area is 170 Å². The molecule has 1 aromatic carbocycles. The third kappa shape index (κ3) is 5.48. The highest BCUT2D eigenvalue weighted by Crippen LogP contribution is 2.33. The van der Waals surface area contributed by atoms with E-state index in [1.54, 1.807) is 21.3 Å². The third-order valence-corrected chi connectivity index (χ3v) is 5.22. The SMILES string of the molecule is COCCCn1c(SCC(=O)C(C)(C)C)nnc1-c1ccc(OC)c(OC)c1. The van der Waals surface area contributed by atoms with Crippen molar-refractivity contribution in [1.29, 1.82) is 0 Å². The Balaban J connectivity index is 2.33. The summed E-state index contributed by atoms with van der Waals surface area (Å²) in [5.41, 5.74) is 0.497. The molecule has 1 aromatic heterocycles. The van der Waals surface area contributed by atoms with Crippen molar-refractivity contribution >= 4 is 17.5 Å². The van der Waals surface area contributed by atoms with Gasteiger partial charge in [0.2, 0.25) is 0 Å². The number of nitrogens with zero attached hydrogens (tertiary/aromatic N) is 3. The number of carbonyl (C=O) groups excluding carboxylic acids is 1. The van der Waals surface area contributed by atoms with E-state index in [0.29, 0.717) is 30.4 Å². The molecule has 0 amide bonds. The molecule has 1 heterocycles. The molecule has 0 fully saturated rings. The molecule has 0 atom stereocenters. The topological polar surface area (TPSA) is 75.5 Å². The van der Waals surface area contributed by atoms with Gasteiger partial charge in [-0.05, 0) is 24.6 Å². The maximum absolute atomic E-state index is 12.3. The first-order valence-electron chi connectivity index (χ1n) is 9.12. The Morgan fingerprint density at radius 3 is 2.43 bits per heavy atom. The molecule has 0 unspecified atom stereocenters. The average molecular weight is 408 g/mol. The van der Waals surface area contributed by atoms with Crippen molar-refractivity contribution in [3.05, 3.63) is 18.2 Å². The zero-order valence-electron chi connectivity index (χ0n) is 17.4. The predicted octanol–water partition coefficient (Wildman–Crippen LogP) is 3.71. The van der Waals surface area contributed by atoms with E-state index < -0.39 is 0 Å². The Bertz CT molecular complexity index is 799. The van der Waals surface area contributed by atoms with E-state index in [1.807, 2.05) is 43.5 Å². The summed E-state index contributed by atoms with van der Waals surface area (Å²) in [6.45, 7) is 7.10. The summed E-state index contributed by atoms with van der Waals surface area (Å²) in [4.78, 5) is 12.3. The van der Waals surface area contributed by atoms with Crippen LogP contribution in [0, 0.1) is 5.41 Å². The molecular weight excluding hydrogens is 378 g/mol. The van der Waals surface area contributed by atoms with Crippen LogP contribution in [0.5, 0.6) is 11.5 Å². The van der Waals surface area contributed by atoms with E-state index in [0.717, 1.165) is 23.0 Å². The van der Waals surface area contributed by atoms with Gasteiger partial charge in [0.1, 0.15) is 5.78 Å². The van der Waals surface area contributed by atoms with Crippen molar-refractivity contribution in [2.24, 2.45) is 5.41 Å². The largest absolute Gasteiger partial charge is 0.493 e. The van der Waals surface area contributed by atoms with Crippen molar-refractivity contribution in [2.75, 3.05) is 33.7 Å². The number of hydrogen-bond acceptors (Lipinski definition) is 7. The summed E-state index contributed by atoms with van der Waals surface area (Å²) in [5, 5.41) is 9.43. The molecule has 7 nitrogen and oxygen atoms in total. The van der Waals surface area contributed by atoms with E-state index in [4.69, 9.17) is 14.2 Å². The van der Waals surface area contributed by atoms with Crippen molar-refractivity contribution < 1.29 is 19.0 Å². The molecule has 0 aliphatic carbocycles. The fraction of sp³-hybridized carbons (Fsp3) is 0.550. The Hall–Kier alpha value is -2.06. The van der Waals surface area contributed by atoms with Gasteiger partial charge in [-0.1, -0.05) is 32.5 Å². The van der Waals surface area contributed by atoms with Gasteiger partial charge in [0.05, 0.1) is 20.0 Å². The van der Waals surface area contributed by atoms with Crippen LogP contribution in [0.25, 0.3) is 11.4 Å². The van der Waals surface area contributed by atoms with E-state index in [2.05, 4.69) is 10.2 Å². The van der Waals surface area contributed by atoms with Crippen LogP contribution in [-0.4, -0.2) is 54.2 Å². The molecule has 0 saturated heterocycles. The van der Waals surface area contributed by atoms with Crippen LogP contribution in [0.4, 0.5) is 0 Å². The second kappa shape index (κ2) is 9.93. The van der Waals surface area contributed by atoms with Crippen LogP contribution in [0.15, 0.2) is 23.4 Å². The number of Topliss-reactive ketones (excluding diaryl/α,β-unsaturated/α-hetero) is 1. The summed E-state index contributed by atoms with van der Waals surface area (Å²) in [7, 11) is 4.88. The summed E-state index contributed by atoms with van der Waals surface area (Å²) in [6, 6.07) is 5.65. The Kier molecular flexibility index (Phi) is 7.88. The average Bonchev–Trinajstić information content (AvgIpc) is 3.07. The molecule has 0 spiro atoms.